The summed E-state index contributed by atoms with van der Waals surface area (Å²) in [7, 11) is 1.47. The maximum atomic E-state index is 12.6. The number of amides is 1. The highest BCUT2D eigenvalue weighted by Crippen LogP contribution is 2.28. The van der Waals surface area contributed by atoms with Crippen molar-refractivity contribution in [3.05, 3.63) is 96.1 Å². The summed E-state index contributed by atoms with van der Waals surface area (Å²) in [5.74, 6) is 0.995. The van der Waals surface area contributed by atoms with Crippen molar-refractivity contribution < 1.29 is 28.5 Å². The van der Waals surface area contributed by atoms with Gasteiger partial charge in [-0.15, -0.1) is 6.58 Å². The number of rotatable bonds is 14. The molecule has 198 valence electrons. The lowest BCUT2D eigenvalue weighted by Crippen LogP contribution is -2.24. The van der Waals surface area contributed by atoms with Gasteiger partial charge in [-0.2, -0.15) is 5.10 Å². The van der Waals surface area contributed by atoms with Crippen molar-refractivity contribution in [3.8, 4) is 23.0 Å². The molecule has 1 N–H and O–H groups in total. The first-order valence-corrected chi connectivity index (χ1v) is 12.3. The largest absolute Gasteiger partial charge is 0.494 e. The molecule has 0 saturated carbocycles. The van der Waals surface area contributed by atoms with Gasteiger partial charge in [-0.1, -0.05) is 37.6 Å². The Labute approximate surface area is 222 Å². The lowest BCUT2D eigenvalue weighted by atomic mass is 10.1. The van der Waals surface area contributed by atoms with Crippen LogP contribution >= 0.6 is 0 Å². The molecule has 3 rings (SSSR count). The van der Waals surface area contributed by atoms with Crippen molar-refractivity contribution in [2.45, 2.75) is 26.2 Å². The summed E-state index contributed by atoms with van der Waals surface area (Å²) in [6.07, 6.45) is 5.89. The summed E-state index contributed by atoms with van der Waals surface area (Å²) in [6, 6.07) is 19.2. The fraction of sp³-hybridized carbons (Fsp3) is 0.233. The van der Waals surface area contributed by atoms with Crippen molar-refractivity contribution >= 4 is 18.1 Å². The van der Waals surface area contributed by atoms with Gasteiger partial charge in [0.2, 0.25) is 0 Å². The van der Waals surface area contributed by atoms with Gasteiger partial charge >= 0.3 is 5.97 Å². The molecule has 8 nitrogen and oxygen atoms in total. The Morgan fingerprint density at radius 3 is 2.50 bits per heavy atom. The molecule has 0 aliphatic carbocycles. The van der Waals surface area contributed by atoms with Crippen LogP contribution < -0.4 is 24.4 Å². The summed E-state index contributed by atoms with van der Waals surface area (Å²) in [5.41, 5.74) is 4.39. The minimum Gasteiger partial charge on any atom is -0.494 e. The van der Waals surface area contributed by atoms with E-state index in [-0.39, 0.29) is 12.4 Å². The number of carbonyl (C=O) groups is 2. The molecule has 0 bridgehead atoms. The molecule has 3 aromatic rings. The molecular weight excluding hydrogens is 484 g/mol. The van der Waals surface area contributed by atoms with Crippen LogP contribution in [-0.2, 0) is 11.2 Å². The molecule has 0 spiro atoms. The lowest BCUT2D eigenvalue weighted by molar-refractivity contribution is -0.123. The van der Waals surface area contributed by atoms with Crippen LogP contribution in [0.25, 0.3) is 0 Å². The number of hydrazone groups is 1. The Bertz CT molecular complexity index is 1250. The molecule has 0 aliphatic rings. The lowest BCUT2D eigenvalue weighted by Gasteiger charge is -2.11. The number of hydrogen-bond acceptors (Lipinski definition) is 7. The summed E-state index contributed by atoms with van der Waals surface area (Å²) in [4.78, 5) is 24.7. The van der Waals surface area contributed by atoms with E-state index in [2.05, 4.69) is 24.0 Å². The maximum absolute atomic E-state index is 12.6. The number of ether oxygens (including phenoxy) is 4. The number of para-hydroxylation sites is 1. The smallest absolute Gasteiger partial charge is 0.343 e. The number of esters is 1. The van der Waals surface area contributed by atoms with Gasteiger partial charge in [0.05, 0.1) is 25.5 Å². The number of carbonyl (C=O) groups excluding carboxylic acids is 2. The minimum absolute atomic E-state index is 0.185. The highest BCUT2D eigenvalue weighted by Gasteiger charge is 2.13. The van der Waals surface area contributed by atoms with Gasteiger partial charge in [-0.25, -0.2) is 10.2 Å². The maximum Gasteiger partial charge on any atom is 0.343 e. The van der Waals surface area contributed by atoms with Crippen LogP contribution in [-0.4, -0.2) is 38.4 Å². The van der Waals surface area contributed by atoms with Crippen molar-refractivity contribution in [2.75, 3.05) is 20.3 Å². The van der Waals surface area contributed by atoms with Crippen molar-refractivity contribution in [1.29, 1.82) is 0 Å². The van der Waals surface area contributed by atoms with Gasteiger partial charge in [-0.05, 0) is 72.5 Å². The SMILES string of the molecule is C=CCc1ccccc1OCC(=O)NN=Cc1ccc(OC(=O)c2ccc(OCCCC)cc2)c(OC)c1. The van der Waals surface area contributed by atoms with Gasteiger partial charge < -0.3 is 18.9 Å². The van der Waals surface area contributed by atoms with E-state index in [1.54, 1.807) is 54.6 Å². The third-order valence-electron chi connectivity index (χ3n) is 5.35. The molecule has 0 aliphatic heterocycles. The van der Waals surface area contributed by atoms with Gasteiger partial charge in [0, 0.05) is 0 Å². The Hall–Kier alpha value is -4.59. The predicted octanol–water partition coefficient (Wildman–Crippen LogP) is 5.35. The molecule has 38 heavy (non-hydrogen) atoms. The van der Waals surface area contributed by atoms with E-state index in [4.69, 9.17) is 18.9 Å². The fourth-order valence-corrected chi connectivity index (χ4v) is 3.35. The Kier molecular flexibility index (Phi) is 10.9. The van der Waals surface area contributed by atoms with Crippen LogP contribution in [0.2, 0.25) is 0 Å². The highest BCUT2D eigenvalue weighted by atomic mass is 16.6. The minimum atomic E-state index is -0.522. The van der Waals surface area contributed by atoms with Gasteiger partial charge in [-0.3, -0.25) is 4.79 Å². The Morgan fingerprint density at radius 2 is 1.76 bits per heavy atom. The van der Waals surface area contributed by atoms with E-state index in [0.717, 1.165) is 18.4 Å². The van der Waals surface area contributed by atoms with Crippen molar-refractivity contribution in [2.24, 2.45) is 5.10 Å². The van der Waals surface area contributed by atoms with Crippen LogP contribution in [0.5, 0.6) is 23.0 Å². The van der Waals surface area contributed by atoms with Gasteiger partial charge in [0.15, 0.2) is 18.1 Å². The number of methoxy groups -OCH3 is 1. The topological polar surface area (TPSA) is 95.5 Å². The summed E-state index contributed by atoms with van der Waals surface area (Å²) in [5, 5.41) is 3.97. The van der Waals surface area contributed by atoms with Gasteiger partial charge in [0.25, 0.3) is 5.91 Å². The first kappa shape index (κ1) is 28.0. The molecule has 0 aromatic heterocycles. The summed E-state index contributed by atoms with van der Waals surface area (Å²) < 4.78 is 22.1. The summed E-state index contributed by atoms with van der Waals surface area (Å²) >= 11 is 0. The third kappa shape index (κ3) is 8.51. The zero-order chi connectivity index (χ0) is 27.2. The number of hydrogen-bond donors (Lipinski definition) is 1. The number of allylic oxidation sites excluding steroid dienone is 1. The molecule has 3 aromatic carbocycles. The van der Waals surface area contributed by atoms with Crippen LogP contribution in [0.4, 0.5) is 0 Å². The number of nitrogens with zero attached hydrogens (tertiary/aromatic N) is 1. The number of nitrogens with one attached hydrogen (secondary N) is 1. The van der Waals surface area contributed by atoms with E-state index < -0.39 is 11.9 Å². The standard InChI is InChI=1S/C30H32N2O6/c1-4-6-18-36-25-15-13-24(14-16-25)30(34)38-27-17-12-22(19-28(27)35-3)20-31-32-29(33)21-37-26-11-8-7-10-23(26)9-5-2/h5,7-8,10-17,19-20H,2,4,6,9,18,21H2,1,3H3,(H,32,33). The average molecular weight is 517 g/mol. The number of benzene rings is 3. The molecule has 0 saturated heterocycles. The molecule has 0 heterocycles. The highest BCUT2D eigenvalue weighted by molar-refractivity contribution is 5.92. The molecule has 1 amide bonds. The fourth-order valence-electron chi connectivity index (χ4n) is 3.35. The molecule has 0 unspecified atom stereocenters. The molecule has 0 radical (unpaired) electrons. The Morgan fingerprint density at radius 1 is 0.974 bits per heavy atom. The average Bonchev–Trinajstić information content (AvgIpc) is 2.94. The van der Waals surface area contributed by atoms with Crippen molar-refractivity contribution in [3.63, 3.8) is 0 Å². The van der Waals surface area contributed by atoms with Crippen molar-refractivity contribution in [1.82, 2.24) is 5.43 Å². The number of unbranched alkanes of at least 4 members (excludes halogenated alkanes) is 1. The second kappa shape index (κ2) is 14.8. The van der Waals surface area contributed by atoms with E-state index in [1.807, 2.05) is 18.2 Å². The van der Waals surface area contributed by atoms with Crippen LogP contribution in [0.15, 0.2) is 84.5 Å². The zero-order valence-corrected chi connectivity index (χ0v) is 21.6. The van der Waals surface area contributed by atoms with E-state index in [0.29, 0.717) is 41.4 Å². The predicted molar refractivity (Wildman–Crippen MR) is 146 cm³/mol. The third-order valence-corrected chi connectivity index (χ3v) is 5.35. The normalized spacial score (nSPS) is 10.6. The molecule has 0 fully saturated rings. The van der Waals surface area contributed by atoms with Crippen LogP contribution in [0.3, 0.4) is 0 Å². The molecular formula is C30H32N2O6. The van der Waals surface area contributed by atoms with E-state index in [9.17, 15) is 9.59 Å². The van der Waals surface area contributed by atoms with Gasteiger partial charge in [0.1, 0.15) is 11.5 Å². The van der Waals surface area contributed by atoms with Crippen LogP contribution in [0, 0.1) is 0 Å². The second-order valence-corrected chi connectivity index (χ2v) is 8.21. The molecule has 0 atom stereocenters. The first-order valence-electron chi connectivity index (χ1n) is 12.3. The van der Waals surface area contributed by atoms with E-state index in [1.165, 1.54) is 13.3 Å². The van der Waals surface area contributed by atoms with E-state index >= 15 is 0 Å². The zero-order valence-electron chi connectivity index (χ0n) is 21.6. The summed E-state index contributed by atoms with van der Waals surface area (Å²) in [6.45, 7) is 6.27. The quantitative estimate of drug-likeness (QED) is 0.0775. The Balaban J connectivity index is 1.53. The molecule has 8 heteroatoms. The second-order valence-electron chi connectivity index (χ2n) is 8.21. The van der Waals surface area contributed by atoms with Crippen LogP contribution in [0.1, 0.15) is 41.3 Å². The monoisotopic (exact) mass is 516 g/mol. The first-order chi connectivity index (χ1) is 18.5.